The lowest BCUT2D eigenvalue weighted by molar-refractivity contribution is -0.125. The van der Waals surface area contributed by atoms with Gasteiger partial charge in [-0.2, -0.15) is 0 Å². The molecule has 1 aliphatic rings. The van der Waals surface area contributed by atoms with Crippen molar-refractivity contribution in [3.05, 3.63) is 65.0 Å². The van der Waals surface area contributed by atoms with E-state index in [0.717, 1.165) is 46.1 Å². The van der Waals surface area contributed by atoms with Crippen LogP contribution in [0, 0.1) is 6.92 Å². The van der Waals surface area contributed by atoms with Gasteiger partial charge in [0.2, 0.25) is 11.8 Å². The van der Waals surface area contributed by atoms with Gasteiger partial charge in [0.1, 0.15) is 5.82 Å². The number of aromatic amines is 1. The van der Waals surface area contributed by atoms with Crippen molar-refractivity contribution in [2.45, 2.75) is 32.7 Å². The average molecular weight is 388 g/mol. The summed E-state index contributed by atoms with van der Waals surface area (Å²) in [6.45, 7) is 2.57. The van der Waals surface area contributed by atoms with Crippen molar-refractivity contribution in [3.63, 3.8) is 0 Å². The van der Waals surface area contributed by atoms with Crippen molar-refractivity contribution in [2.75, 3.05) is 12.4 Å². The highest BCUT2D eigenvalue weighted by Crippen LogP contribution is 2.23. The molecule has 148 valence electrons. The fraction of sp³-hybridized carbons (Fsp3) is 0.261. The molecule has 1 aromatic carbocycles. The minimum absolute atomic E-state index is 0.00363. The van der Waals surface area contributed by atoms with Crippen molar-refractivity contribution in [1.29, 1.82) is 0 Å². The first kappa shape index (κ1) is 18.9. The van der Waals surface area contributed by atoms with Crippen LogP contribution in [0.4, 0.5) is 5.82 Å². The van der Waals surface area contributed by atoms with Crippen LogP contribution in [0.1, 0.15) is 35.2 Å². The topological polar surface area (TPSA) is 78.1 Å². The number of likely N-dealkylation sites (N-methyl/N-ethyl adjacent to an activating group) is 1. The highest BCUT2D eigenvalue weighted by molar-refractivity contribution is 5.93. The first-order chi connectivity index (χ1) is 14.0. The van der Waals surface area contributed by atoms with Crippen molar-refractivity contribution in [3.8, 4) is 0 Å². The van der Waals surface area contributed by atoms with E-state index in [1.807, 2.05) is 31.2 Å². The molecule has 2 amide bonds. The summed E-state index contributed by atoms with van der Waals surface area (Å²) < 4.78 is 0. The van der Waals surface area contributed by atoms with Crippen LogP contribution in [0.3, 0.4) is 0 Å². The molecule has 0 saturated carbocycles. The maximum Gasteiger partial charge on any atom is 0.246 e. The Bertz CT molecular complexity index is 1110. The lowest BCUT2D eigenvalue weighted by atomic mass is 10.1. The van der Waals surface area contributed by atoms with Gasteiger partial charge in [0.25, 0.3) is 0 Å². The van der Waals surface area contributed by atoms with Gasteiger partial charge in [0, 0.05) is 48.9 Å². The summed E-state index contributed by atoms with van der Waals surface area (Å²) in [5, 5.41) is 3.97. The summed E-state index contributed by atoms with van der Waals surface area (Å²) in [5.41, 5.74) is 5.15. The van der Waals surface area contributed by atoms with E-state index in [1.54, 1.807) is 30.3 Å². The number of hydrogen-bond donors (Lipinski definition) is 2. The van der Waals surface area contributed by atoms with Gasteiger partial charge >= 0.3 is 0 Å². The number of carbonyl (C=O) groups excluding carboxylic acids is 2. The molecule has 0 spiro atoms. The smallest absolute Gasteiger partial charge is 0.246 e. The molecule has 0 fully saturated rings. The van der Waals surface area contributed by atoms with Crippen LogP contribution in [-0.4, -0.2) is 33.7 Å². The zero-order chi connectivity index (χ0) is 20.4. The Morgan fingerprint density at radius 3 is 2.97 bits per heavy atom. The molecule has 0 unspecified atom stereocenters. The zero-order valence-electron chi connectivity index (χ0n) is 16.7. The second kappa shape index (κ2) is 7.91. The predicted octanol–water partition coefficient (Wildman–Crippen LogP) is 3.82. The average Bonchev–Trinajstić information content (AvgIpc) is 2.90. The van der Waals surface area contributed by atoms with Gasteiger partial charge in [-0.25, -0.2) is 4.98 Å². The number of amides is 2. The van der Waals surface area contributed by atoms with Gasteiger partial charge in [-0.3, -0.25) is 9.59 Å². The molecule has 0 aliphatic carbocycles. The molecule has 0 saturated heterocycles. The Balaban J connectivity index is 1.47. The van der Waals surface area contributed by atoms with Gasteiger partial charge < -0.3 is 15.2 Å². The quantitative estimate of drug-likeness (QED) is 0.667. The summed E-state index contributed by atoms with van der Waals surface area (Å²) in [7, 11) is 1.80. The second-order valence-electron chi connectivity index (χ2n) is 7.48. The number of rotatable bonds is 4. The predicted molar refractivity (Wildman–Crippen MR) is 114 cm³/mol. The monoisotopic (exact) mass is 388 g/mol. The number of pyridine rings is 1. The Hall–Kier alpha value is -3.41. The molecule has 6 heteroatoms. The zero-order valence-corrected chi connectivity index (χ0v) is 16.7. The third kappa shape index (κ3) is 4.06. The third-order valence-corrected chi connectivity index (χ3v) is 5.31. The lowest BCUT2D eigenvalue weighted by Gasteiger charge is -2.15. The summed E-state index contributed by atoms with van der Waals surface area (Å²) >= 11 is 0. The van der Waals surface area contributed by atoms with Gasteiger partial charge in [-0.15, -0.1) is 0 Å². The maximum atomic E-state index is 12.6. The van der Waals surface area contributed by atoms with Crippen LogP contribution in [0.15, 0.2) is 42.6 Å². The SMILES string of the molecule is Cc1[nH]c2ccccc2c1CN(C)C(=O)/C=C/c1cnc2c(c1)CCCC(=O)N2. The van der Waals surface area contributed by atoms with Crippen molar-refractivity contribution >= 4 is 34.6 Å². The van der Waals surface area contributed by atoms with Crippen molar-refractivity contribution in [2.24, 2.45) is 0 Å². The Kier molecular flexibility index (Phi) is 5.16. The highest BCUT2D eigenvalue weighted by Gasteiger charge is 2.15. The number of H-pyrrole nitrogens is 1. The van der Waals surface area contributed by atoms with Gasteiger partial charge in [-0.1, -0.05) is 18.2 Å². The van der Waals surface area contributed by atoms with E-state index >= 15 is 0 Å². The van der Waals surface area contributed by atoms with Crippen LogP contribution in [0.2, 0.25) is 0 Å². The number of benzene rings is 1. The molecule has 0 bridgehead atoms. The molecule has 1 aliphatic heterocycles. The Labute approximate surface area is 169 Å². The van der Waals surface area contributed by atoms with E-state index in [0.29, 0.717) is 18.8 Å². The maximum absolute atomic E-state index is 12.6. The van der Waals surface area contributed by atoms with Crippen molar-refractivity contribution in [1.82, 2.24) is 14.9 Å². The molecule has 0 radical (unpaired) electrons. The number of anilines is 1. The van der Waals surface area contributed by atoms with E-state index in [2.05, 4.69) is 21.4 Å². The molecule has 4 rings (SSSR count). The fourth-order valence-electron chi connectivity index (χ4n) is 3.71. The van der Waals surface area contributed by atoms with Gasteiger partial charge in [0.15, 0.2) is 0 Å². The number of aromatic nitrogens is 2. The first-order valence-corrected chi connectivity index (χ1v) is 9.79. The fourth-order valence-corrected chi connectivity index (χ4v) is 3.71. The molecular formula is C23H24N4O2. The standard InChI is InChI=1S/C23H24N4O2/c1-15-19(18-7-3-4-8-20(18)25-15)14-27(2)22(29)11-10-16-12-17-6-5-9-21(28)26-23(17)24-13-16/h3-4,7-8,10-13,25H,5-6,9,14H2,1-2H3,(H,24,26,28)/b11-10+. The Morgan fingerprint density at radius 1 is 1.28 bits per heavy atom. The van der Waals surface area contributed by atoms with E-state index in [4.69, 9.17) is 0 Å². The summed E-state index contributed by atoms with van der Waals surface area (Å²) in [5.74, 6) is 0.560. The molecule has 3 aromatic rings. The van der Waals surface area contributed by atoms with E-state index < -0.39 is 0 Å². The van der Waals surface area contributed by atoms with Gasteiger partial charge in [0.05, 0.1) is 0 Å². The minimum Gasteiger partial charge on any atom is -0.358 e. The van der Waals surface area contributed by atoms with Crippen LogP contribution in [-0.2, 0) is 22.6 Å². The number of hydrogen-bond acceptors (Lipinski definition) is 3. The number of nitrogens with one attached hydrogen (secondary N) is 2. The summed E-state index contributed by atoms with van der Waals surface area (Å²) in [4.78, 5) is 33.7. The second-order valence-corrected chi connectivity index (χ2v) is 7.48. The van der Waals surface area contributed by atoms with Crippen LogP contribution >= 0.6 is 0 Å². The number of carbonyl (C=O) groups is 2. The molecule has 29 heavy (non-hydrogen) atoms. The van der Waals surface area contributed by atoms with E-state index in [9.17, 15) is 9.59 Å². The molecule has 2 aromatic heterocycles. The van der Waals surface area contributed by atoms with Gasteiger partial charge in [-0.05, 0) is 54.7 Å². The van der Waals surface area contributed by atoms with Crippen LogP contribution in [0.5, 0.6) is 0 Å². The van der Waals surface area contributed by atoms with Crippen LogP contribution in [0.25, 0.3) is 17.0 Å². The molecule has 2 N–H and O–H groups in total. The number of para-hydroxylation sites is 1. The third-order valence-electron chi connectivity index (χ3n) is 5.31. The van der Waals surface area contributed by atoms with E-state index in [1.165, 1.54) is 0 Å². The first-order valence-electron chi connectivity index (χ1n) is 9.79. The number of aryl methyl sites for hydroxylation is 2. The summed E-state index contributed by atoms with van der Waals surface area (Å²) in [6.07, 6.45) is 7.15. The molecule has 3 heterocycles. The summed E-state index contributed by atoms with van der Waals surface area (Å²) in [6, 6.07) is 10.1. The largest absolute Gasteiger partial charge is 0.358 e. The molecule has 6 nitrogen and oxygen atoms in total. The van der Waals surface area contributed by atoms with Crippen LogP contribution < -0.4 is 5.32 Å². The van der Waals surface area contributed by atoms with E-state index in [-0.39, 0.29) is 11.8 Å². The number of nitrogens with zero attached hydrogens (tertiary/aromatic N) is 2. The minimum atomic E-state index is -0.0714. The normalized spacial score (nSPS) is 13.9. The number of fused-ring (bicyclic) bond motifs is 2. The van der Waals surface area contributed by atoms with Crippen molar-refractivity contribution < 1.29 is 9.59 Å². The molecular weight excluding hydrogens is 364 g/mol. The lowest BCUT2D eigenvalue weighted by Crippen LogP contribution is -2.24. The highest BCUT2D eigenvalue weighted by atomic mass is 16.2. The Morgan fingerprint density at radius 2 is 2.10 bits per heavy atom. The molecule has 0 atom stereocenters.